The number of hydrogen-bond donors (Lipinski definition) is 1. The number of carbonyl (C=O) groups is 1. The van der Waals surface area contributed by atoms with Crippen molar-refractivity contribution in [3.8, 4) is 0 Å². The number of alkyl halides is 3. The topological polar surface area (TPSA) is 42.9 Å². The molecule has 0 radical (unpaired) electrons. The number of nitrogens with two attached hydrogens (primary N) is 1. The minimum Gasteiger partial charge on any atom is -0.466 e. The Morgan fingerprint density at radius 3 is 2.38 bits per heavy atom. The third-order valence-electron chi connectivity index (χ3n) is 4.14. The molecule has 2 rings (SSSR count). The van der Waals surface area contributed by atoms with Crippen LogP contribution in [0.25, 0.3) is 0 Å². The quantitative estimate of drug-likeness (QED) is 0.758. The van der Waals surface area contributed by atoms with E-state index in [1.165, 1.54) is 12.1 Å². The SMILES string of the molecule is CCOC(=O)C[C@H]([NH2+]Cc1ccccc1C(F)(F)F)c1ccc(C)cc1. The van der Waals surface area contributed by atoms with Gasteiger partial charge in [0, 0.05) is 11.1 Å². The van der Waals surface area contributed by atoms with E-state index in [4.69, 9.17) is 4.74 Å². The fraction of sp³-hybridized carbons (Fsp3) is 0.350. The Labute approximate surface area is 151 Å². The number of hydrogen-bond acceptors (Lipinski definition) is 2. The fourth-order valence-electron chi connectivity index (χ4n) is 2.79. The molecule has 26 heavy (non-hydrogen) atoms. The summed E-state index contributed by atoms with van der Waals surface area (Å²) in [6.07, 6.45) is -4.30. The lowest BCUT2D eigenvalue weighted by Gasteiger charge is -2.18. The van der Waals surface area contributed by atoms with Crippen LogP contribution < -0.4 is 5.32 Å². The van der Waals surface area contributed by atoms with E-state index in [1.54, 1.807) is 18.3 Å². The van der Waals surface area contributed by atoms with E-state index in [0.29, 0.717) is 0 Å². The van der Waals surface area contributed by atoms with Crippen LogP contribution in [0.2, 0.25) is 0 Å². The monoisotopic (exact) mass is 366 g/mol. The molecule has 2 aromatic carbocycles. The predicted molar refractivity (Wildman–Crippen MR) is 92.2 cm³/mol. The zero-order chi connectivity index (χ0) is 19.2. The molecule has 0 aliphatic rings. The van der Waals surface area contributed by atoms with E-state index < -0.39 is 11.7 Å². The summed E-state index contributed by atoms with van der Waals surface area (Å²) in [5.74, 6) is -0.363. The summed E-state index contributed by atoms with van der Waals surface area (Å²) in [6.45, 7) is 4.07. The smallest absolute Gasteiger partial charge is 0.416 e. The third kappa shape index (κ3) is 5.59. The molecular weight excluding hydrogens is 343 g/mol. The van der Waals surface area contributed by atoms with Crippen molar-refractivity contribution in [3.05, 3.63) is 70.8 Å². The van der Waals surface area contributed by atoms with Crippen LogP contribution in [0.3, 0.4) is 0 Å². The summed E-state index contributed by atoms with van der Waals surface area (Å²) in [5.41, 5.74) is 1.51. The Balaban J connectivity index is 2.19. The zero-order valence-corrected chi connectivity index (χ0v) is 14.8. The van der Waals surface area contributed by atoms with Crippen molar-refractivity contribution in [1.82, 2.24) is 0 Å². The van der Waals surface area contributed by atoms with Crippen LogP contribution in [-0.2, 0) is 22.3 Å². The highest BCUT2D eigenvalue weighted by Crippen LogP contribution is 2.31. The molecule has 0 aliphatic heterocycles. The van der Waals surface area contributed by atoms with Crippen LogP contribution in [0.15, 0.2) is 48.5 Å². The number of esters is 1. The van der Waals surface area contributed by atoms with Gasteiger partial charge in [0.25, 0.3) is 0 Å². The number of halogens is 3. The van der Waals surface area contributed by atoms with E-state index in [0.717, 1.165) is 17.2 Å². The van der Waals surface area contributed by atoms with Crippen molar-refractivity contribution in [2.24, 2.45) is 0 Å². The Morgan fingerprint density at radius 2 is 1.77 bits per heavy atom. The lowest BCUT2D eigenvalue weighted by molar-refractivity contribution is -0.710. The molecule has 0 saturated heterocycles. The van der Waals surface area contributed by atoms with Gasteiger partial charge in [-0.05, 0) is 19.9 Å². The molecular formula is C20H23F3NO2+. The standard InChI is InChI=1S/C20H22F3NO2/c1-3-26-19(25)12-18(15-10-8-14(2)9-11-15)24-13-16-6-4-5-7-17(16)20(21,22)23/h4-11,18,24H,3,12-13H2,1-2H3/p+1/t18-/m0/s1. The van der Waals surface area contributed by atoms with E-state index in [2.05, 4.69) is 0 Å². The summed E-state index contributed by atoms with van der Waals surface area (Å²) < 4.78 is 44.5. The molecule has 0 amide bonds. The highest BCUT2D eigenvalue weighted by atomic mass is 19.4. The van der Waals surface area contributed by atoms with Crippen LogP contribution >= 0.6 is 0 Å². The lowest BCUT2D eigenvalue weighted by Crippen LogP contribution is -2.84. The Bertz CT molecular complexity index is 727. The Hall–Kier alpha value is -2.34. The van der Waals surface area contributed by atoms with Gasteiger partial charge in [-0.25, -0.2) is 0 Å². The first-order valence-electron chi connectivity index (χ1n) is 8.52. The first-order valence-corrected chi connectivity index (χ1v) is 8.52. The molecule has 1 atom stereocenters. The second-order valence-corrected chi connectivity index (χ2v) is 6.12. The predicted octanol–water partition coefficient (Wildman–Crippen LogP) is 3.77. The average Bonchev–Trinajstić information content (AvgIpc) is 2.59. The molecule has 0 bridgehead atoms. The molecule has 3 nitrogen and oxygen atoms in total. The number of rotatable bonds is 7. The second-order valence-electron chi connectivity index (χ2n) is 6.12. The van der Waals surface area contributed by atoms with Crippen LogP contribution in [0.5, 0.6) is 0 Å². The molecule has 0 saturated carbocycles. The normalized spacial score (nSPS) is 12.7. The molecule has 0 fully saturated rings. The number of ether oxygens (including phenoxy) is 1. The van der Waals surface area contributed by atoms with Gasteiger partial charge >= 0.3 is 12.1 Å². The van der Waals surface area contributed by atoms with Crippen LogP contribution in [0.4, 0.5) is 13.2 Å². The molecule has 140 valence electrons. The summed E-state index contributed by atoms with van der Waals surface area (Å²) in [5, 5.41) is 1.76. The van der Waals surface area contributed by atoms with E-state index >= 15 is 0 Å². The van der Waals surface area contributed by atoms with Gasteiger partial charge in [-0.15, -0.1) is 0 Å². The second kappa shape index (κ2) is 8.85. The maximum absolute atomic E-state index is 13.2. The van der Waals surface area contributed by atoms with Gasteiger partial charge in [-0.3, -0.25) is 4.79 Å². The minimum atomic E-state index is -4.40. The van der Waals surface area contributed by atoms with Gasteiger partial charge in [0.1, 0.15) is 19.0 Å². The molecule has 2 aromatic rings. The summed E-state index contributed by atoms with van der Waals surface area (Å²) in [7, 11) is 0. The van der Waals surface area contributed by atoms with Crippen molar-refractivity contribution >= 4 is 5.97 Å². The van der Waals surface area contributed by atoms with Gasteiger partial charge < -0.3 is 10.1 Å². The summed E-state index contributed by atoms with van der Waals surface area (Å²) in [6, 6.07) is 12.8. The van der Waals surface area contributed by atoms with Gasteiger partial charge in [-0.1, -0.05) is 48.0 Å². The minimum absolute atomic E-state index is 0.102. The highest BCUT2D eigenvalue weighted by molar-refractivity contribution is 5.70. The van der Waals surface area contributed by atoms with Crippen molar-refractivity contribution in [3.63, 3.8) is 0 Å². The molecule has 0 aromatic heterocycles. The third-order valence-corrected chi connectivity index (χ3v) is 4.14. The molecule has 6 heteroatoms. The van der Waals surface area contributed by atoms with Crippen molar-refractivity contribution in [1.29, 1.82) is 0 Å². The maximum Gasteiger partial charge on any atom is 0.416 e. The van der Waals surface area contributed by atoms with Crippen molar-refractivity contribution in [2.45, 2.75) is 39.0 Å². The lowest BCUT2D eigenvalue weighted by atomic mass is 10.0. The van der Waals surface area contributed by atoms with Gasteiger partial charge in [0.2, 0.25) is 0 Å². The molecule has 0 aliphatic carbocycles. The van der Waals surface area contributed by atoms with Gasteiger partial charge in [-0.2, -0.15) is 13.2 Å². The molecule has 0 unspecified atom stereocenters. The molecule has 0 spiro atoms. The molecule has 0 heterocycles. The molecule has 2 N–H and O–H groups in total. The van der Waals surface area contributed by atoms with Crippen molar-refractivity contribution in [2.75, 3.05) is 6.61 Å². The van der Waals surface area contributed by atoms with Crippen LogP contribution in [0, 0.1) is 6.92 Å². The van der Waals surface area contributed by atoms with Crippen LogP contribution in [-0.4, -0.2) is 12.6 Å². The summed E-state index contributed by atoms with van der Waals surface area (Å²) >= 11 is 0. The number of benzene rings is 2. The maximum atomic E-state index is 13.2. The van der Waals surface area contributed by atoms with E-state index in [1.807, 2.05) is 31.2 Å². The number of aryl methyl sites for hydroxylation is 1. The van der Waals surface area contributed by atoms with E-state index in [9.17, 15) is 18.0 Å². The summed E-state index contributed by atoms with van der Waals surface area (Å²) in [4.78, 5) is 11.9. The average molecular weight is 366 g/mol. The zero-order valence-electron chi connectivity index (χ0n) is 14.8. The van der Waals surface area contributed by atoms with Crippen LogP contribution in [0.1, 0.15) is 41.6 Å². The fourth-order valence-corrected chi connectivity index (χ4v) is 2.79. The van der Waals surface area contributed by atoms with Crippen molar-refractivity contribution < 1.29 is 28.0 Å². The van der Waals surface area contributed by atoms with Gasteiger partial charge in [0.05, 0.1) is 12.2 Å². The van der Waals surface area contributed by atoms with E-state index in [-0.39, 0.29) is 37.1 Å². The first-order chi connectivity index (χ1) is 12.3. The highest BCUT2D eigenvalue weighted by Gasteiger charge is 2.33. The number of carbonyl (C=O) groups excluding carboxylic acids is 1. The largest absolute Gasteiger partial charge is 0.466 e. The first kappa shape index (κ1) is 20.0. The Kier molecular flexibility index (Phi) is 6.80. The van der Waals surface area contributed by atoms with Gasteiger partial charge in [0.15, 0.2) is 0 Å². The number of quaternary nitrogens is 1. The Morgan fingerprint density at radius 1 is 1.12 bits per heavy atom.